The second-order valence-electron chi connectivity index (χ2n) is 5.88. The van der Waals surface area contributed by atoms with Crippen LogP contribution in [0.25, 0.3) is 0 Å². The molecule has 0 bridgehead atoms. The molecule has 0 aromatic heterocycles. The summed E-state index contributed by atoms with van der Waals surface area (Å²) in [5, 5.41) is 3.39. The number of hydrogen-bond acceptors (Lipinski definition) is 3. The van der Waals surface area contributed by atoms with Crippen molar-refractivity contribution in [2.75, 3.05) is 26.7 Å². The molecule has 1 aromatic carbocycles. The monoisotopic (exact) mass is 276 g/mol. The lowest BCUT2D eigenvalue weighted by molar-refractivity contribution is -0.135. The number of benzene rings is 1. The maximum Gasteiger partial charge on any atom is 0.227 e. The van der Waals surface area contributed by atoms with Crippen LogP contribution >= 0.6 is 0 Å². The van der Waals surface area contributed by atoms with E-state index in [1.807, 2.05) is 29.2 Å². The zero-order chi connectivity index (χ0) is 14.6. The molecule has 0 saturated carbocycles. The highest BCUT2D eigenvalue weighted by Crippen LogP contribution is 2.22. The fourth-order valence-corrected chi connectivity index (χ4v) is 2.72. The first kappa shape index (κ1) is 14.9. The SMILES string of the molecule is COc1ccccc1CC(=O)N1CCCNCC1(C)C. The van der Waals surface area contributed by atoms with Crippen molar-refractivity contribution in [3.63, 3.8) is 0 Å². The molecule has 0 atom stereocenters. The lowest BCUT2D eigenvalue weighted by Crippen LogP contribution is -2.51. The van der Waals surface area contributed by atoms with Gasteiger partial charge >= 0.3 is 0 Å². The summed E-state index contributed by atoms with van der Waals surface area (Å²) in [6.07, 6.45) is 1.40. The molecule has 1 aliphatic heterocycles. The van der Waals surface area contributed by atoms with Crippen LogP contribution in [0.5, 0.6) is 5.75 Å². The van der Waals surface area contributed by atoms with Crippen molar-refractivity contribution in [1.82, 2.24) is 10.2 Å². The molecule has 0 spiro atoms. The van der Waals surface area contributed by atoms with Gasteiger partial charge in [0, 0.05) is 24.2 Å². The van der Waals surface area contributed by atoms with Crippen LogP contribution in [0.2, 0.25) is 0 Å². The van der Waals surface area contributed by atoms with Crippen molar-refractivity contribution < 1.29 is 9.53 Å². The summed E-state index contributed by atoms with van der Waals surface area (Å²) in [7, 11) is 1.64. The Morgan fingerprint density at radius 2 is 2.15 bits per heavy atom. The molecule has 1 heterocycles. The minimum atomic E-state index is -0.143. The number of nitrogens with one attached hydrogen (secondary N) is 1. The average molecular weight is 276 g/mol. The minimum absolute atomic E-state index is 0.143. The van der Waals surface area contributed by atoms with Gasteiger partial charge in [0.1, 0.15) is 5.75 Å². The van der Waals surface area contributed by atoms with Gasteiger partial charge in [0.25, 0.3) is 0 Å². The van der Waals surface area contributed by atoms with Crippen molar-refractivity contribution in [2.24, 2.45) is 0 Å². The molecule has 1 aromatic rings. The van der Waals surface area contributed by atoms with E-state index in [1.54, 1.807) is 7.11 Å². The molecule has 110 valence electrons. The molecule has 4 nitrogen and oxygen atoms in total. The Labute approximate surface area is 121 Å². The van der Waals surface area contributed by atoms with Crippen LogP contribution < -0.4 is 10.1 Å². The van der Waals surface area contributed by atoms with E-state index in [2.05, 4.69) is 19.2 Å². The van der Waals surface area contributed by atoms with Crippen LogP contribution in [0.15, 0.2) is 24.3 Å². The lowest BCUT2D eigenvalue weighted by Gasteiger charge is -2.37. The van der Waals surface area contributed by atoms with Crippen molar-refractivity contribution in [3.8, 4) is 5.75 Å². The number of ether oxygens (including phenoxy) is 1. The van der Waals surface area contributed by atoms with Gasteiger partial charge in [-0.05, 0) is 32.9 Å². The molecule has 1 saturated heterocycles. The van der Waals surface area contributed by atoms with E-state index in [1.165, 1.54) is 0 Å². The summed E-state index contributed by atoms with van der Waals surface area (Å²) in [6.45, 7) is 6.86. The van der Waals surface area contributed by atoms with Crippen molar-refractivity contribution in [2.45, 2.75) is 32.2 Å². The molecule has 0 radical (unpaired) electrons. The van der Waals surface area contributed by atoms with Crippen molar-refractivity contribution in [1.29, 1.82) is 0 Å². The first-order valence-corrected chi connectivity index (χ1v) is 7.18. The Balaban J connectivity index is 2.14. The van der Waals surface area contributed by atoms with Gasteiger partial charge in [-0.25, -0.2) is 0 Å². The van der Waals surface area contributed by atoms with E-state index < -0.39 is 0 Å². The quantitative estimate of drug-likeness (QED) is 0.916. The molecule has 0 unspecified atom stereocenters. The highest BCUT2D eigenvalue weighted by atomic mass is 16.5. The molecule has 2 rings (SSSR count). The Bertz CT molecular complexity index is 471. The highest BCUT2D eigenvalue weighted by Gasteiger charge is 2.32. The number of para-hydroxylation sites is 1. The molecule has 4 heteroatoms. The average Bonchev–Trinajstić information content (AvgIpc) is 2.60. The third kappa shape index (κ3) is 3.31. The Kier molecular flexibility index (Phi) is 4.65. The highest BCUT2D eigenvalue weighted by molar-refractivity contribution is 5.80. The van der Waals surface area contributed by atoms with Gasteiger partial charge < -0.3 is 15.0 Å². The van der Waals surface area contributed by atoms with Gasteiger partial charge in [0.05, 0.1) is 13.5 Å². The molecule has 1 fully saturated rings. The maximum absolute atomic E-state index is 12.6. The number of carbonyl (C=O) groups is 1. The summed E-state index contributed by atoms with van der Waals surface area (Å²) >= 11 is 0. The van der Waals surface area contributed by atoms with Gasteiger partial charge in [-0.15, -0.1) is 0 Å². The molecule has 1 N–H and O–H groups in total. The molecular formula is C16H24N2O2. The summed E-state index contributed by atoms with van der Waals surface area (Å²) in [5.41, 5.74) is 0.809. The fourth-order valence-electron chi connectivity index (χ4n) is 2.72. The summed E-state index contributed by atoms with van der Waals surface area (Å²) < 4.78 is 5.33. The largest absolute Gasteiger partial charge is 0.496 e. The van der Waals surface area contributed by atoms with Crippen LogP contribution in [-0.4, -0.2) is 43.1 Å². The normalized spacial score (nSPS) is 18.4. The van der Waals surface area contributed by atoms with Gasteiger partial charge in [0.15, 0.2) is 0 Å². The lowest BCUT2D eigenvalue weighted by atomic mass is 10.0. The van der Waals surface area contributed by atoms with E-state index in [-0.39, 0.29) is 11.4 Å². The Morgan fingerprint density at radius 1 is 1.40 bits per heavy atom. The van der Waals surface area contributed by atoms with Crippen LogP contribution in [-0.2, 0) is 11.2 Å². The van der Waals surface area contributed by atoms with Gasteiger partial charge in [0.2, 0.25) is 5.91 Å². The first-order valence-electron chi connectivity index (χ1n) is 7.18. The van der Waals surface area contributed by atoms with E-state index >= 15 is 0 Å². The first-order chi connectivity index (χ1) is 9.54. The molecule has 1 aliphatic rings. The van der Waals surface area contributed by atoms with E-state index in [4.69, 9.17) is 4.74 Å². The topological polar surface area (TPSA) is 41.6 Å². The second-order valence-corrected chi connectivity index (χ2v) is 5.88. The number of methoxy groups -OCH3 is 1. The van der Waals surface area contributed by atoms with Crippen LogP contribution in [0.3, 0.4) is 0 Å². The molecule has 1 amide bonds. The fraction of sp³-hybridized carbons (Fsp3) is 0.562. The second kappa shape index (κ2) is 6.27. The maximum atomic E-state index is 12.6. The molecule has 20 heavy (non-hydrogen) atoms. The standard InChI is InChI=1S/C16H24N2O2/c1-16(2)12-17-9-6-10-18(16)15(19)11-13-7-4-5-8-14(13)20-3/h4-5,7-8,17H,6,9-12H2,1-3H3. The summed E-state index contributed by atoms with van der Waals surface area (Å²) in [4.78, 5) is 14.6. The van der Waals surface area contributed by atoms with Crippen LogP contribution in [0, 0.1) is 0 Å². The van der Waals surface area contributed by atoms with Crippen LogP contribution in [0.4, 0.5) is 0 Å². The minimum Gasteiger partial charge on any atom is -0.496 e. The van der Waals surface area contributed by atoms with E-state index in [0.717, 1.165) is 37.4 Å². The van der Waals surface area contributed by atoms with E-state index in [9.17, 15) is 4.79 Å². The number of nitrogens with zero attached hydrogens (tertiary/aromatic N) is 1. The predicted molar refractivity (Wildman–Crippen MR) is 80.0 cm³/mol. The number of carbonyl (C=O) groups excluding carboxylic acids is 1. The zero-order valence-corrected chi connectivity index (χ0v) is 12.6. The van der Waals surface area contributed by atoms with Crippen molar-refractivity contribution in [3.05, 3.63) is 29.8 Å². The smallest absolute Gasteiger partial charge is 0.227 e. The molecular weight excluding hydrogens is 252 g/mol. The third-order valence-corrected chi connectivity index (χ3v) is 3.86. The zero-order valence-electron chi connectivity index (χ0n) is 12.6. The Morgan fingerprint density at radius 3 is 2.90 bits per heavy atom. The number of amides is 1. The number of rotatable bonds is 3. The van der Waals surface area contributed by atoms with Crippen molar-refractivity contribution >= 4 is 5.91 Å². The van der Waals surface area contributed by atoms with Gasteiger partial charge in [-0.1, -0.05) is 18.2 Å². The van der Waals surface area contributed by atoms with E-state index in [0.29, 0.717) is 6.42 Å². The number of hydrogen-bond donors (Lipinski definition) is 1. The summed E-state index contributed by atoms with van der Waals surface area (Å²) in [5.74, 6) is 0.954. The van der Waals surface area contributed by atoms with Gasteiger partial charge in [-0.3, -0.25) is 4.79 Å². The predicted octanol–water partition coefficient (Wildman–Crippen LogP) is 1.84. The van der Waals surface area contributed by atoms with Gasteiger partial charge in [-0.2, -0.15) is 0 Å². The Hall–Kier alpha value is -1.55. The molecule has 0 aliphatic carbocycles. The van der Waals surface area contributed by atoms with Crippen LogP contribution in [0.1, 0.15) is 25.8 Å². The third-order valence-electron chi connectivity index (χ3n) is 3.86. The summed E-state index contributed by atoms with van der Waals surface area (Å²) in [6, 6.07) is 7.73.